The zero-order valence-electron chi connectivity index (χ0n) is 16.9. The van der Waals surface area contributed by atoms with Crippen molar-refractivity contribution < 1.29 is 33.4 Å². The molecule has 1 aromatic heterocycles. The molecule has 166 valence electrons. The van der Waals surface area contributed by atoms with Gasteiger partial charge >= 0.3 is 11.9 Å². The molecule has 0 unspecified atom stereocenters. The first-order valence-electron chi connectivity index (χ1n) is 9.02. The maximum Gasteiger partial charge on any atom is 0.341 e. The number of carbonyl (C=O) groups is 4. The van der Waals surface area contributed by atoms with Crippen LogP contribution in [0.2, 0.25) is 5.02 Å². The number of hydrogen-bond acceptors (Lipinski definition) is 8. The van der Waals surface area contributed by atoms with Gasteiger partial charge in [0.1, 0.15) is 11.6 Å². The van der Waals surface area contributed by atoms with Gasteiger partial charge in [-0.25, -0.2) is 4.79 Å². The Labute approximate surface area is 187 Å². The summed E-state index contributed by atoms with van der Waals surface area (Å²) in [4.78, 5) is 48.4. The number of methoxy groups -OCH3 is 1. The number of halogens is 1. The fourth-order valence-electron chi connectivity index (χ4n) is 2.53. The van der Waals surface area contributed by atoms with Gasteiger partial charge in [-0.1, -0.05) is 29.8 Å². The first-order chi connectivity index (χ1) is 14.7. The number of primary amides is 1. The SMILES string of the molecule is COCCOC(=O)c1c(NC(=O)COC(=O)Cc2ccccc2Cl)sc(C(N)=O)c1C. The second-order valence-corrected chi connectivity index (χ2v) is 7.66. The number of carbonyl (C=O) groups excluding carboxylic acids is 4. The molecule has 11 heteroatoms. The molecule has 0 saturated carbocycles. The Morgan fingerprint density at radius 2 is 1.84 bits per heavy atom. The third-order valence-electron chi connectivity index (χ3n) is 4.01. The normalized spacial score (nSPS) is 10.4. The Kier molecular flexibility index (Phi) is 8.98. The van der Waals surface area contributed by atoms with Crippen LogP contribution in [0, 0.1) is 6.92 Å². The van der Waals surface area contributed by atoms with Gasteiger partial charge in [0.2, 0.25) is 0 Å². The van der Waals surface area contributed by atoms with Crippen LogP contribution in [0.5, 0.6) is 0 Å². The Morgan fingerprint density at radius 3 is 2.48 bits per heavy atom. The highest BCUT2D eigenvalue weighted by Crippen LogP contribution is 2.33. The van der Waals surface area contributed by atoms with Crippen LogP contribution in [0.25, 0.3) is 0 Å². The molecule has 2 rings (SSSR count). The van der Waals surface area contributed by atoms with Crippen molar-refractivity contribution in [1.29, 1.82) is 0 Å². The minimum atomic E-state index is -0.750. The van der Waals surface area contributed by atoms with E-state index in [2.05, 4.69) is 5.32 Å². The van der Waals surface area contributed by atoms with E-state index in [1.807, 2.05) is 0 Å². The highest BCUT2D eigenvalue weighted by molar-refractivity contribution is 7.18. The van der Waals surface area contributed by atoms with Gasteiger partial charge in [0, 0.05) is 12.1 Å². The summed E-state index contributed by atoms with van der Waals surface area (Å²) in [6.45, 7) is 1.09. The predicted octanol–water partition coefficient (Wildman–Crippen LogP) is 2.34. The van der Waals surface area contributed by atoms with E-state index in [4.69, 9.17) is 31.5 Å². The van der Waals surface area contributed by atoms with Crippen molar-refractivity contribution in [2.75, 3.05) is 32.2 Å². The van der Waals surface area contributed by atoms with Gasteiger partial charge in [0.05, 0.1) is 23.5 Å². The standard InChI is InChI=1S/C20H21ClN2O7S/c1-11-16(20(27)29-8-7-28-2)19(31-17(11)18(22)26)23-14(24)10-30-15(25)9-12-5-3-4-6-13(12)21/h3-6H,7-10H2,1-2H3,(H2,22,26)(H,23,24). The van der Waals surface area contributed by atoms with Crippen LogP contribution in [-0.2, 0) is 30.2 Å². The molecular formula is C20H21ClN2O7S. The molecule has 9 nitrogen and oxygen atoms in total. The first-order valence-corrected chi connectivity index (χ1v) is 10.2. The van der Waals surface area contributed by atoms with Crippen LogP contribution in [0.3, 0.4) is 0 Å². The van der Waals surface area contributed by atoms with Crippen molar-refractivity contribution in [2.45, 2.75) is 13.3 Å². The van der Waals surface area contributed by atoms with E-state index in [0.29, 0.717) is 10.6 Å². The van der Waals surface area contributed by atoms with Gasteiger partial charge in [-0.05, 0) is 24.1 Å². The summed E-state index contributed by atoms with van der Waals surface area (Å²) in [6.07, 6.45) is -0.103. The van der Waals surface area contributed by atoms with E-state index in [1.54, 1.807) is 24.3 Å². The summed E-state index contributed by atoms with van der Waals surface area (Å²) >= 11 is 6.83. The molecular weight excluding hydrogens is 448 g/mol. The lowest BCUT2D eigenvalue weighted by Crippen LogP contribution is -2.22. The van der Waals surface area contributed by atoms with Crippen molar-refractivity contribution in [3.05, 3.63) is 50.9 Å². The number of nitrogens with two attached hydrogens (primary N) is 1. The average Bonchev–Trinajstić information content (AvgIpc) is 3.04. The highest BCUT2D eigenvalue weighted by Gasteiger charge is 2.26. The van der Waals surface area contributed by atoms with Gasteiger partial charge in [-0.2, -0.15) is 0 Å². The van der Waals surface area contributed by atoms with Crippen molar-refractivity contribution in [3.8, 4) is 0 Å². The topological polar surface area (TPSA) is 134 Å². The van der Waals surface area contributed by atoms with Crippen molar-refractivity contribution in [1.82, 2.24) is 0 Å². The van der Waals surface area contributed by atoms with Crippen LogP contribution in [-0.4, -0.2) is 50.7 Å². The molecule has 1 heterocycles. The molecule has 0 saturated heterocycles. The van der Waals surface area contributed by atoms with E-state index in [-0.39, 0.29) is 40.6 Å². The molecule has 0 atom stereocenters. The molecule has 0 fully saturated rings. The summed E-state index contributed by atoms with van der Waals surface area (Å²) < 4.78 is 14.9. The quantitative estimate of drug-likeness (QED) is 0.403. The Bertz CT molecular complexity index is 990. The van der Waals surface area contributed by atoms with Gasteiger partial charge in [-0.15, -0.1) is 11.3 Å². The number of esters is 2. The second-order valence-electron chi connectivity index (χ2n) is 6.23. The number of rotatable bonds is 10. The number of thiophene rings is 1. The largest absolute Gasteiger partial charge is 0.460 e. The zero-order valence-corrected chi connectivity index (χ0v) is 18.4. The molecule has 0 aliphatic rings. The molecule has 1 aromatic carbocycles. The van der Waals surface area contributed by atoms with E-state index in [0.717, 1.165) is 11.3 Å². The Balaban J connectivity index is 2.05. The van der Waals surface area contributed by atoms with Gasteiger partial charge < -0.3 is 25.3 Å². The van der Waals surface area contributed by atoms with E-state index in [9.17, 15) is 19.2 Å². The maximum absolute atomic E-state index is 12.4. The average molecular weight is 469 g/mol. The molecule has 0 radical (unpaired) electrons. The van der Waals surface area contributed by atoms with Crippen molar-refractivity contribution >= 4 is 51.7 Å². The van der Waals surface area contributed by atoms with Gasteiger partial charge in [0.15, 0.2) is 6.61 Å². The minimum Gasteiger partial charge on any atom is -0.460 e. The molecule has 0 spiro atoms. The molecule has 2 amide bonds. The third-order valence-corrected chi connectivity index (χ3v) is 5.60. The van der Waals surface area contributed by atoms with Crippen molar-refractivity contribution in [2.24, 2.45) is 5.73 Å². The number of nitrogens with one attached hydrogen (secondary N) is 1. The second kappa shape index (κ2) is 11.4. The lowest BCUT2D eigenvalue weighted by atomic mass is 10.1. The third kappa shape index (κ3) is 6.78. The van der Waals surface area contributed by atoms with Crippen LogP contribution >= 0.6 is 22.9 Å². The summed E-state index contributed by atoms with van der Waals surface area (Å²) in [6, 6.07) is 6.76. The molecule has 2 aromatic rings. The van der Waals surface area contributed by atoms with E-state index < -0.39 is 30.4 Å². The zero-order chi connectivity index (χ0) is 23.0. The van der Waals surface area contributed by atoms with Gasteiger partial charge in [0.25, 0.3) is 11.8 Å². The van der Waals surface area contributed by atoms with Crippen molar-refractivity contribution in [3.63, 3.8) is 0 Å². The van der Waals surface area contributed by atoms with E-state index in [1.165, 1.54) is 14.0 Å². The minimum absolute atomic E-state index is 0.00523. The Hall–Kier alpha value is -2.95. The van der Waals surface area contributed by atoms with Crippen LogP contribution in [0.1, 0.15) is 31.2 Å². The number of ether oxygens (including phenoxy) is 3. The fraction of sp³-hybridized carbons (Fsp3) is 0.300. The molecule has 0 aliphatic carbocycles. The number of amides is 2. The fourth-order valence-corrected chi connectivity index (χ4v) is 3.80. The number of hydrogen-bond donors (Lipinski definition) is 2. The van der Waals surface area contributed by atoms with Crippen LogP contribution in [0.15, 0.2) is 24.3 Å². The highest BCUT2D eigenvalue weighted by atomic mass is 35.5. The summed E-state index contributed by atoms with van der Waals surface area (Å²) in [5.41, 5.74) is 6.19. The lowest BCUT2D eigenvalue weighted by molar-refractivity contribution is -0.146. The number of anilines is 1. The van der Waals surface area contributed by atoms with Crippen LogP contribution in [0.4, 0.5) is 5.00 Å². The summed E-state index contributed by atoms with van der Waals surface area (Å²) in [7, 11) is 1.45. The maximum atomic E-state index is 12.4. The predicted molar refractivity (Wildman–Crippen MR) is 114 cm³/mol. The molecule has 3 N–H and O–H groups in total. The van der Waals surface area contributed by atoms with E-state index >= 15 is 0 Å². The molecule has 31 heavy (non-hydrogen) atoms. The number of benzene rings is 1. The molecule has 0 bridgehead atoms. The Morgan fingerprint density at radius 1 is 1.13 bits per heavy atom. The molecule has 0 aliphatic heterocycles. The van der Waals surface area contributed by atoms with Crippen LogP contribution < -0.4 is 11.1 Å². The van der Waals surface area contributed by atoms with Gasteiger partial charge in [-0.3, -0.25) is 14.4 Å². The summed E-state index contributed by atoms with van der Waals surface area (Å²) in [5, 5.41) is 2.95. The lowest BCUT2D eigenvalue weighted by Gasteiger charge is -2.09. The summed E-state index contributed by atoms with van der Waals surface area (Å²) in [5.74, 6) is -2.84. The monoisotopic (exact) mass is 468 g/mol. The smallest absolute Gasteiger partial charge is 0.341 e. The first kappa shape index (κ1) is 24.3.